The van der Waals surface area contributed by atoms with E-state index in [9.17, 15) is 0 Å². The second-order valence-electron chi connectivity index (χ2n) is 5.51. The van der Waals surface area contributed by atoms with Crippen LogP contribution < -0.4 is 20.0 Å². The molecule has 1 radical (unpaired) electrons. The Labute approximate surface area is 135 Å². The molecule has 22 heavy (non-hydrogen) atoms. The second kappa shape index (κ2) is 8.22. The van der Waals surface area contributed by atoms with Gasteiger partial charge in [0, 0.05) is 52.4 Å². The van der Waals surface area contributed by atoms with Gasteiger partial charge >= 0.3 is 0 Å². The largest absolute Gasteiger partial charge is 0.369 e. The number of nitrogens with zero attached hydrogens (tertiary/aromatic N) is 5. The summed E-state index contributed by atoms with van der Waals surface area (Å²) in [5.74, 6) is 2.21. The van der Waals surface area contributed by atoms with Crippen LogP contribution in [0.3, 0.4) is 0 Å². The van der Waals surface area contributed by atoms with Crippen molar-refractivity contribution in [2.75, 3.05) is 67.1 Å². The van der Waals surface area contributed by atoms with E-state index in [1.165, 1.54) is 5.69 Å². The van der Waals surface area contributed by atoms with Crippen molar-refractivity contribution < 1.29 is 0 Å². The minimum atomic E-state index is 0.917. The van der Waals surface area contributed by atoms with Gasteiger partial charge in [0.2, 0.25) is 0 Å². The maximum absolute atomic E-state index is 5.02. The molecule has 0 N–H and O–H groups in total. The van der Waals surface area contributed by atoms with E-state index in [0.29, 0.717) is 0 Å². The molecule has 5 nitrogen and oxygen atoms in total. The molecule has 5 heteroatoms. The summed E-state index contributed by atoms with van der Waals surface area (Å²) in [6, 6.07) is 4.42. The first-order valence-corrected chi connectivity index (χ1v) is 8.64. The van der Waals surface area contributed by atoms with Crippen LogP contribution in [0.4, 0.5) is 17.3 Å². The van der Waals surface area contributed by atoms with E-state index in [-0.39, 0.29) is 0 Å². The fourth-order valence-corrected chi connectivity index (χ4v) is 3.01. The molecule has 1 aliphatic rings. The highest BCUT2D eigenvalue weighted by atomic mass is 15.3. The summed E-state index contributed by atoms with van der Waals surface area (Å²) >= 11 is 0. The lowest BCUT2D eigenvalue weighted by Crippen LogP contribution is -2.41. The van der Waals surface area contributed by atoms with Gasteiger partial charge in [-0.3, -0.25) is 0 Å². The number of pyridine rings is 1. The molecule has 0 saturated carbocycles. The number of aromatic nitrogens is 1. The molecule has 0 unspecified atom stereocenters. The first-order valence-electron chi connectivity index (χ1n) is 8.64. The number of piperazine rings is 1. The molecular formula is C17H30N5. The number of hydrogen-bond donors (Lipinski definition) is 0. The van der Waals surface area contributed by atoms with Crippen molar-refractivity contribution in [3.05, 3.63) is 12.1 Å². The van der Waals surface area contributed by atoms with Gasteiger partial charge in [-0.1, -0.05) is 0 Å². The lowest BCUT2D eigenvalue weighted by molar-refractivity contribution is 0.575. The highest BCUT2D eigenvalue weighted by Crippen LogP contribution is 2.30. The van der Waals surface area contributed by atoms with Gasteiger partial charge in [-0.05, 0) is 39.8 Å². The van der Waals surface area contributed by atoms with Crippen LogP contribution in [0.1, 0.15) is 27.7 Å². The van der Waals surface area contributed by atoms with Crippen LogP contribution in [-0.2, 0) is 0 Å². The smallest absolute Gasteiger partial charge is 0.154 e. The molecule has 1 aromatic heterocycles. The van der Waals surface area contributed by atoms with E-state index in [2.05, 4.69) is 59.8 Å². The Hall–Kier alpha value is -1.49. The average molecular weight is 304 g/mol. The first kappa shape index (κ1) is 16.9. The van der Waals surface area contributed by atoms with E-state index in [0.717, 1.165) is 64.0 Å². The monoisotopic (exact) mass is 304 g/mol. The predicted octanol–water partition coefficient (Wildman–Crippen LogP) is 2.20. The van der Waals surface area contributed by atoms with Gasteiger partial charge < -0.3 is 14.7 Å². The summed E-state index contributed by atoms with van der Waals surface area (Å²) in [5, 5.41) is 4.43. The molecule has 2 rings (SSSR count). The minimum Gasteiger partial charge on any atom is -0.369 e. The Morgan fingerprint density at radius 1 is 0.909 bits per heavy atom. The van der Waals surface area contributed by atoms with Crippen LogP contribution >= 0.6 is 0 Å². The van der Waals surface area contributed by atoms with Crippen LogP contribution in [0, 0.1) is 0 Å². The molecular weight excluding hydrogens is 274 g/mol. The molecule has 0 amide bonds. The Morgan fingerprint density at radius 3 is 2.05 bits per heavy atom. The lowest BCUT2D eigenvalue weighted by atomic mass is 10.2. The molecule has 0 spiro atoms. The van der Waals surface area contributed by atoms with Gasteiger partial charge in [0.05, 0.1) is 5.69 Å². The van der Waals surface area contributed by atoms with Crippen LogP contribution in [0.5, 0.6) is 0 Å². The Bertz CT molecular complexity index is 448. The van der Waals surface area contributed by atoms with E-state index >= 15 is 0 Å². The van der Waals surface area contributed by atoms with Gasteiger partial charge in [0.25, 0.3) is 0 Å². The van der Waals surface area contributed by atoms with Gasteiger partial charge in [-0.2, -0.15) is 0 Å². The van der Waals surface area contributed by atoms with E-state index in [1.54, 1.807) is 0 Å². The quantitative estimate of drug-likeness (QED) is 0.774. The number of anilines is 3. The molecule has 1 saturated heterocycles. The highest BCUT2D eigenvalue weighted by Gasteiger charge is 2.18. The van der Waals surface area contributed by atoms with Crippen molar-refractivity contribution in [1.82, 2.24) is 10.3 Å². The number of hydrogen-bond acceptors (Lipinski definition) is 4. The van der Waals surface area contributed by atoms with Crippen molar-refractivity contribution >= 4 is 17.3 Å². The average Bonchev–Trinajstić information content (AvgIpc) is 2.59. The fourth-order valence-electron chi connectivity index (χ4n) is 3.01. The Balaban J connectivity index is 2.37. The third-order valence-electron chi connectivity index (χ3n) is 4.39. The number of rotatable bonds is 7. The molecule has 0 bridgehead atoms. The van der Waals surface area contributed by atoms with Crippen molar-refractivity contribution in [2.45, 2.75) is 27.7 Å². The summed E-state index contributed by atoms with van der Waals surface area (Å²) in [5.41, 5.74) is 1.25. The van der Waals surface area contributed by atoms with Gasteiger partial charge in [0.15, 0.2) is 5.82 Å². The van der Waals surface area contributed by atoms with E-state index < -0.39 is 0 Å². The molecule has 1 fully saturated rings. The molecule has 1 aliphatic heterocycles. The standard InChI is InChI=1S/C17H30N5/c1-5-20(6-2)15-9-10-16(22-13-11-18-12-14-22)19-17(15)21(7-3)8-4/h9-10H,5-8,11-14H2,1-4H3. The fraction of sp³-hybridized carbons (Fsp3) is 0.706. The molecule has 0 aromatic carbocycles. The van der Waals surface area contributed by atoms with Crippen molar-refractivity contribution in [2.24, 2.45) is 0 Å². The third-order valence-corrected chi connectivity index (χ3v) is 4.39. The molecule has 2 heterocycles. The molecule has 0 aliphatic carbocycles. The Kier molecular flexibility index (Phi) is 6.31. The predicted molar refractivity (Wildman–Crippen MR) is 95.4 cm³/mol. The summed E-state index contributed by atoms with van der Waals surface area (Å²) in [6.45, 7) is 16.6. The lowest BCUT2D eigenvalue weighted by Gasteiger charge is -2.32. The second-order valence-corrected chi connectivity index (χ2v) is 5.51. The normalized spacial score (nSPS) is 15.0. The third kappa shape index (κ3) is 3.64. The maximum Gasteiger partial charge on any atom is 0.154 e. The molecule has 1 aromatic rings. The maximum atomic E-state index is 5.02. The zero-order valence-corrected chi connectivity index (χ0v) is 14.5. The van der Waals surface area contributed by atoms with Crippen LogP contribution in [-0.4, -0.2) is 57.3 Å². The van der Waals surface area contributed by atoms with Crippen LogP contribution in [0.2, 0.25) is 0 Å². The van der Waals surface area contributed by atoms with Crippen molar-refractivity contribution in [1.29, 1.82) is 0 Å². The van der Waals surface area contributed by atoms with Gasteiger partial charge in [-0.25, -0.2) is 10.3 Å². The van der Waals surface area contributed by atoms with E-state index in [4.69, 9.17) is 4.98 Å². The first-order chi connectivity index (χ1) is 10.7. The summed E-state index contributed by atoms with van der Waals surface area (Å²) in [4.78, 5) is 12.1. The van der Waals surface area contributed by atoms with Crippen LogP contribution in [0.15, 0.2) is 12.1 Å². The molecule has 0 atom stereocenters. The van der Waals surface area contributed by atoms with Crippen LogP contribution in [0.25, 0.3) is 0 Å². The summed E-state index contributed by atoms with van der Waals surface area (Å²) in [6.07, 6.45) is 0. The zero-order chi connectivity index (χ0) is 15.9. The topological polar surface area (TPSA) is 36.7 Å². The highest BCUT2D eigenvalue weighted by molar-refractivity contribution is 5.70. The van der Waals surface area contributed by atoms with Gasteiger partial charge in [-0.15, -0.1) is 0 Å². The Morgan fingerprint density at radius 2 is 1.50 bits per heavy atom. The van der Waals surface area contributed by atoms with E-state index in [1.807, 2.05) is 0 Å². The zero-order valence-electron chi connectivity index (χ0n) is 14.5. The van der Waals surface area contributed by atoms with Crippen molar-refractivity contribution in [3.63, 3.8) is 0 Å². The minimum absolute atomic E-state index is 0.917. The SMILES string of the molecule is CCN(CC)c1ccc(N2CC[N]CC2)nc1N(CC)CC. The summed E-state index contributed by atoms with van der Waals surface area (Å²) < 4.78 is 0. The summed E-state index contributed by atoms with van der Waals surface area (Å²) in [7, 11) is 0. The van der Waals surface area contributed by atoms with Gasteiger partial charge in [0.1, 0.15) is 5.82 Å². The van der Waals surface area contributed by atoms with Crippen molar-refractivity contribution in [3.8, 4) is 0 Å². The molecule has 123 valence electrons.